The molecule has 0 bridgehead atoms. The summed E-state index contributed by atoms with van der Waals surface area (Å²) < 4.78 is 5.08. The second-order valence-corrected chi connectivity index (χ2v) is 4.71. The summed E-state index contributed by atoms with van der Waals surface area (Å²) in [4.78, 5) is 0. The van der Waals surface area contributed by atoms with Gasteiger partial charge in [0.15, 0.2) is 0 Å². The predicted octanol–water partition coefficient (Wildman–Crippen LogP) is 4.27. The zero-order valence-electron chi connectivity index (χ0n) is 10.5. The van der Waals surface area contributed by atoms with Gasteiger partial charge in [-0.25, -0.2) is 0 Å². The molecule has 0 radical (unpaired) electrons. The van der Waals surface area contributed by atoms with Gasteiger partial charge in [-0.1, -0.05) is 52.9 Å². The minimum absolute atomic E-state index is 0.837. The number of rotatable bonds is 9. The summed E-state index contributed by atoms with van der Waals surface area (Å²) in [7, 11) is 1.79. The van der Waals surface area contributed by atoms with E-state index in [0.29, 0.717) is 0 Å². The van der Waals surface area contributed by atoms with Gasteiger partial charge < -0.3 is 4.74 Å². The van der Waals surface area contributed by atoms with Crippen LogP contribution in [0, 0.1) is 11.8 Å². The van der Waals surface area contributed by atoms with Crippen molar-refractivity contribution in [3.05, 3.63) is 0 Å². The van der Waals surface area contributed by atoms with Gasteiger partial charge in [0.25, 0.3) is 0 Å². The highest BCUT2D eigenvalue weighted by Crippen LogP contribution is 2.18. The first kappa shape index (κ1) is 14.0. The Balaban J connectivity index is 3.25. The van der Waals surface area contributed by atoms with Crippen LogP contribution in [0.25, 0.3) is 0 Å². The molecule has 14 heavy (non-hydrogen) atoms. The zero-order chi connectivity index (χ0) is 10.8. The Bertz CT molecular complexity index is 112. The Morgan fingerprint density at radius 2 is 1.50 bits per heavy atom. The molecule has 1 nitrogen and oxygen atoms in total. The molecule has 0 fully saturated rings. The first-order valence-electron chi connectivity index (χ1n) is 6.19. The fourth-order valence-electron chi connectivity index (χ4n) is 1.92. The Morgan fingerprint density at radius 3 is 2.00 bits per heavy atom. The lowest BCUT2D eigenvalue weighted by Crippen LogP contribution is -2.01. The average Bonchev–Trinajstić information content (AvgIpc) is 2.15. The highest BCUT2D eigenvalue weighted by Gasteiger charge is 2.04. The molecule has 0 rings (SSSR count). The summed E-state index contributed by atoms with van der Waals surface area (Å²) >= 11 is 0. The van der Waals surface area contributed by atoms with Crippen LogP contribution >= 0.6 is 0 Å². The molecule has 0 aromatic carbocycles. The third-order valence-electron chi connectivity index (χ3n) is 2.99. The topological polar surface area (TPSA) is 9.23 Å². The first-order valence-corrected chi connectivity index (χ1v) is 6.19. The maximum absolute atomic E-state index is 5.08. The van der Waals surface area contributed by atoms with Gasteiger partial charge in [-0.05, 0) is 18.3 Å². The van der Waals surface area contributed by atoms with Gasteiger partial charge in [0.05, 0.1) is 0 Å². The molecule has 0 amide bonds. The lowest BCUT2D eigenvalue weighted by atomic mass is 9.94. The minimum atomic E-state index is 0.837. The van der Waals surface area contributed by atoms with E-state index in [1.54, 1.807) is 7.11 Å². The van der Waals surface area contributed by atoms with Gasteiger partial charge in [0, 0.05) is 13.7 Å². The summed E-state index contributed by atoms with van der Waals surface area (Å²) in [6.45, 7) is 7.91. The monoisotopic (exact) mass is 200 g/mol. The average molecular weight is 200 g/mol. The van der Waals surface area contributed by atoms with E-state index >= 15 is 0 Å². The van der Waals surface area contributed by atoms with E-state index in [0.717, 1.165) is 18.4 Å². The second-order valence-electron chi connectivity index (χ2n) is 4.71. The van der Waals surface area contributed by atoms with Crippen molar-refractivity contribution in [3.63, 3.8) is 0 Å². The van der Waals surface area contributed by atoms with Crippen LogP contribution in [0.2, 0.25) is 0 Å². The third-order valence-corrected chi connectivity index (χ3v) is 2.99. The van der Waals surface area contributed by atoms with Crippen LogP contribution in [0.1, 0.15) is 59.3 Å². The summed E-state index contributed by atoms with van der Waals surface area (Å²) in [5, 5.41) is 0. The summed E-state index contributed by atoms with van der Waals surface area (Å²) in [5.74, 6) is 1.76. The quantitative estimate of drug-likeness (QED) is 0.540. The van der Waals surface area contributed by atoms with Gasteiger partial charge in [-0.2, -0.15) is 0 Å². The number of hydrogen-bond acceptors (Lipinski definition) is 1. The van der Waals surface area contributed by atoms with Crippen molar-refractivity contribution >= 4 is 0 Å². The van der Waals surface area contributed by atoms with E-state index in [4.69, 9.17) is 4.74 Å². The summed E-state index contributed by atoms with van der Waals surface area (Å²) in [5.41, 5.74) is 0. The molecule has 0 aliphatic rings. The van der Waals surface area contributed by atoms with E-state index in [9.17, 15) is 0 Å². The fraction of sp³-hybridized carbons (Fsp3) is 1.00. The van der Waals surface area contributed by atoms with E-state index in [2.05, 4.69) is 20.8 Å². The Morgan fingerprint density at radius 1 is 0.929 bits per heavy atom. The van der Waals surface area contributed by atoms with E-state index in [-0.39, 0.29) is 0 Å². The summed E-state index contributed by atoms with van der Waals surface area (Å²) in [6.07, 6.45) is 8.13. The first-order chi connectivity index (χ1) is 6.70. The molecule has 0 aromatic rings. The van der Waals surface area contributed by atoms with E-state index < -0.39 is 0 Å². The maximum Gasteiger partial charge on any atom is 0.0464 e. The normalized spacial score (nSPS) is 15.4. The van der Waals surface area contributed by atoms with Crippen molar-refractivity contribution < 1.29 is 4.74 Å². The Labute approximate surface area is 90.2 Å². The lowest BCUT2D eigenvalue weighted by Gasteiger charge is -2.13. The molecule has 1 heteroatoms. The predicted molar refractivity (Wildman–Crippen MR) is 63.6 cm³/mol. The smallest absolute Gasteiger partial charge is 0.0464 e. The molecule has 0 saturated carbocycles. The van der Waals surface area contributed by atoms with Crippen LogP contribution in [-0.2, 0) is 4.74 Å². The maximum atomic E-state index is 5.08. The Kier molecular flexibility index (Phi) is 9.49. The van der Waals surface area contributed by atoms with Crippen molar-refractivity contribution in [2.45, 2.75) is 59.3 Å². The van der Waals surface area contributed by atoms with Crippen molar-refractivity contribution in [3.8, 4) is 0 Å². The van der Waals surface area contributed by atoms with Crippen molar-refractivity contribution in [1.29, 1.82) is 0 Å². The van der Waals surface area contributed by atoms with Crippen LogP contribution in [-0.4, -0.2) is 13.7 Å². The van der Waals surface area contributed by atoms with Gasteiger partial charge in [0.1, 0.15) is 0 Å². The van der Waals surface area contributed by atoms with Crippen LogP contribution in [0.5, 0.6) is 0 Å². The van der Waals surface area contributed by atoms with Gasteiger partial charge in [0.2, 0.25) is 0 Å². The molecule has 86 valence electrons. The Hall–Kier alpha value is -0.0400. The van der Waals surface area contributed by atoms with Crippen LogP contribution in [0.4, 0.5) is 0 Å². The molecule has 0 saturated heterocycles. The minimum Gasteiger partial charge on any atom is -0.385 e. The molecule has 0 aliphatic heterocycles. The number of hydrogen-bond donors (Lipinski definition) is 0. The molecule has 0 N–H and O–H groups in total. The highest BCUT2D eigenvalue weighted by atomic mass is 16.5. The SMILES string of the molecule is CCCC(C)CCCC(C)CCOC. The highest BCUT2D eigenvalue weighted by molar-refractivity contribution is 4.57. The van der Waals surface area contributed by atoms with Crippen LogP contribution < -0.4 is 0 Å². The van der Waals surface area contributed by atoms with Gasteiger partial charge in [-0.15, -0.1) is 0 Å². The molecular formula is C13H28O. The van der Waals surface area contributed by atoms with Crippen molar-refractivity contribution in [2.24, 2.45) is 11.8 Å². The molecule has 2 atom stereocenters. The number of ether oxygens (including phenoxy) is 1. The van der Waals surface area contributed by atoms with Crippen LogP contribution in [0.15, 0.2) is 0 Å². The van der Waals surface area contributed by atoms with E-state index in [1.807, 2.05) is 0 Å². The van der Waals surface area contributed by atoms with Gasteiger partial charge >= 0.3 is 0 Å². The zero-order valence-corrected chi connectivity index (χ0v) is 10.5. The standard InChI is InChI=1S/C13H28O/c1-5-7-12(2)8-6-9-13(3)10-11-14-4/h12-13H,5-11H2,1-4H3. The lowest BCUT2D eigenvalue weighted by molar-refractivity contribution is 0.177. The molecule has 0 heterocycles. The molecular weight excluding hydrogens is 172 g/mol. The van der Waals surface area contributed by atoms with E-state index in [1.165, 1.54) is 38.5 Å². The van der Waals surface area contributed by atoms with Crippen molar-refractivity contribution in [2.75, 3.05) is 13.7 Å². The fourth-order valence-corrected chi connectivity index (χ4v) is 1.92. The molecule has 2 unspecified atom stereocenters. The molecule has 0 aliphatic carbocycles. The van der Waals surface area contributed by atoms with Crippen molar-refractivity contribution in [1.82, 2.24) is 0 Å². The molecule has 0 aromatic heterocycles. The summed E-state index contributed by atoms with van der Waals surface area (Å²) in [6, 6.07) is 0. The van der Waals surface area contributed by atoms with Crippen LogP contribution in [0.3, 0.4) is 0 Å². The molecule has 0 spiro atoms. The third kappa shape index (κ3) is 8.55. The second kappa shape index (κ2) is 9.51. The number of methoxy groups -OCH3 is 1. The van der Waals surface area contributed by atoms with Gasteiger partial charge in [-0.3, -0.25) is 0 Å². The largest absolute Gasteiger partial charge is 0.385 e.